The van der Waals surface area contributed by atoms with Crippen molar-refractivity contribution in [2.24, 2.45) is 5.73 Å². The Morgan fingerprint density at radius 2 is 2.26 bits per heavy atom. The molecule has 0 unspecified atom stereocenters. The fourth-order valence-electron chi connectivity index (χ4n) is 1.95. The van der Waals surface area contributed by atoms with Gasteiger partial charge in [0.15, 0.2) is 11.6 Å². The highest BCUT2D eigenvalue weighted by Crippen LogP contribution is 2.26. The lowest BCUT2D eigenvalue weighted by Gasteiger charge is -2.07. The van der Waals surface area contributed by atoms with E-state index in [1.54, 1.807) is 4.57 Å². The monoisotopic (exact) mass is 266 g/mol. The number of carbonyl (C=O) groups excluding carboxylic acids is 1. The number of imidazole rings is 1. The Labute approximate surface area is 109 Å². The van der Waals surface area contributed by atoms with Gasteiger partial charge in [0.05, 0.1) is 18.1 Å². The highest BCUT2D eigenvalue weighted by atomic mass is 19.1. The molecule has 1 aromatic carbocycles. The predicted octanol–water partition coefficient (Wildman–Crippen LogP) is 1.03. The Hall–Kier alpha value is -2.31. The average molecular weight is 266 g/mol. The normalized spacial score (nSPS) is 10.8. The number of benzene rings is 1. The SMILES string of the molecule is COc1cc2c(cc1F)nc(N)n2CCCC(N)=O. The largest absolute Gasteiger partial charge is 0.494 e. The van der Waals surface area contributed by atoms with Crippen LogP contribution in [0.4, 0.5) is 10.3 Å². The minimum atomic E-state index is -0.489. The summed E-state index contributed by atoms with van der Waals surface area (Å²) in [5.41, 5.74) is 12.0. The van der Waals surface area contributed by atoms with Crippen LogP contribution in [-0.2, 0) is 11.3 Å². The van der Waals surface area contributed by atoms with E-state index in [9.17, 15) is 9.18 Å². The van der Waals surface area contributed by atoms with Crippen LogP contribution in [0.25, 0.3) is 11.0 Å². The van der Waals surface area contributed by atoms with Crippen LogP contribution in [0.5, 0.6) is 5.75 Å². The quantitative estimate of drug-likeness (QED) is 0.844. The number of methoxy groups -OCH3 is 1. The molecule has 0 saturated heterocycles. The molecule has 0 aliphatic rings. The molecule has 0 saturated carbocycles. The van der Waals surface area contributed by atoms with Crippen molar-refractivity contribution in [3.63, 3.8) is 0 Å². The third-order valence-corrected chi connectivity index (χ3v) is 2.86. The van der Waals surface area contributed by atoms with Crippen molar-refractivity contribution in [2.75, 3.05) is 12.8 Å². The number of fused-ring (bicyclic) bond motifs is 1. The summed E-state index contributed by atoms with van der Waals surface area (Å²) >= 11 is 0. The number of hydrogen-bond acceptors (Lipinski definition) is 4. The van der Waals surface area contributed by atoms with Gasteiger partial charge < -0.3 is 20.8 Å². The Bertz CT molecular complexity index is 624. The van der Waals surface area contributed by atoms with Crippen molar-refractivity contribution < 1.29 is 13.9 Å². The van der Waals surface area contributed by atoms with Gasteiger partial charge in [0, 0.05) is 25.1 Å². The number of carbonyl (C=O) groups is 1. The van der Waals surface area contributed by atoms with Crippen molar-refractivity contribution >= 4 is 22.9 Å². The molecule has 6 nitrogen and oxygen atoms in total. The predicted molar refractivity (Wildman–Crippen MR) is 69.1 cm³/mol. The molecule has 0 aliphatic heterocycles. The van der Waals surface area contributed by atoms with Gasteiger partial charge in [-0.3, -0.25) is 4.79 Å². The van der Waals surface area contributed by atoms with Crippen LogP contribution in [0.2, 0.25) is 0 Å². The second-order valence-corrected chi connectivity index (χ2v) is 4.17. The molecule has 7 heteroatoms. The number of aromatic nitrogens is 2. The third kappa shape index (κ3) is 2.59. The number of halogens is 1. The van der Waals surface area contributed by atoms with Gasteiger partial charge in [-0.1, -0.05) is 0 Å². The molecule has 1 amide bonds. The molecule has 0 spiro atoms. The Morgan fingerprint density at radius 1 is 1.53 bits per heavy atom. The maximum absolute atomic E-state index is 13.5. The smallest absolute Gasteiger partial charge is 0.217 e. The highest BCUT2D eigenvalue weighted by molar-refractivity contribution is 5.80. The Kier molecular flexibility index (Phi) is 3.55. The van der Waals surface area contributed by atoms with Crippen LogP contribution in [-0.4, -0.2) is 22.6 Å². The molecular weight excluding hydrogens is 251 g/mol. The molecule has 1 heterocycles. The zero-order valence-electron chi connectivity index (χ0n) is 10.5. The van der Waals surface area contributed by atoms with E-state index >= 15 is 0 Å². The zero-order chi connectivity index (χ0) is 14.0. The number of rotatable bonds is 5. The van der Waals surface area contributed by atoms with Gasteiger partial charge in [-0.25, -0.2) is 9.37 Å². The van der Waals surface area contributed by atoms with Crippen LogP contribution in [0, 0.1) is 5.82 Å². The molecule has 102 valence electrons. The van der Waals surface area contributed by atoms with Gasteiger partial charge in [-0.05, 0) is 6.42 Å². The Morgan fingerprint density at radius 3 is 2.89 bits per heavy atom. The minimum Gasteiger partial charge on any atom is -0.494 e. The number of aryl methyl sites for hydroxylation is 1. The first-order valence-electron chi connectivity index (χ1n) is 5.80. The summed E-state index contributed by atoms with van der Waals surface area (Å²) in [6.07, 6.45) is 0.808. The second kappa shape index (κ2) is 5.13. The molecule has 2 aromatic rings. The number of nitrogen functional groups attached to an aromatic ring is 1. The topological polar surface area (TPSA) is 96.2 Å². The van der Waals surface area contributed by atoms with Crippen molar-refractivity contribution in [3.8, 4) is 5.75 Å². The van der Waals surface area contributed by atoms with E-state index in [0.717, 1.165) is 0 Å². The van der Waals surface area contributed by atoms with Crippen LogP contribution < -0.4 is 16.2 Å². The van der Waals surface area contributed by atoms with Crippen LogP contribution in [0.3, 0.4) is 0 Å². The molecule has 0 bridgehead atoms. The third-order valence-electron chi connectivity index (χ3n) is 2.86. The molecule has 2 rings (SSSR count). The molecule has 1 aromatic heterocycles. The molecular formula is C12H15FN4O2. The van der Waals surface area contributed by atoms with Gasteiger partial charge >= 0.3 is 0 Å². The van der Waals surface area contributed by atoms with Crippen molar-refractivity contribution in [2.45, 2.75) is 19.4 Å². The number of hydrogen-bond donors (Lipinski definition) is 2. The summed E-state index contributed by atoms with van der Waals surface area (Å²) < 4.78 is 20.2. The molecule has 0 radical (unpaired) electrons. The average Bonchev–Trinajstić information content (AvgIpc) is 2.63. The first-order valence-corrected chi connectivity index (χ1v) is 5.80. The maximum atomic E-state index is 13.5. The second-order valence-electron chi connectivity index (χ2n) is 4.17. The standard InChI is InChI=1S/C12H15FN4O2/c1-19-10-6-9-8(5-7(10)13)16-12(15)17(9)4-2-3-11(14)18/h5-6H,2-4H2,1H3,(H2,14,18)(H2,15,16). The zero-order valence-corrected chi connectivity index (χ0v) is 10.5. The lowest BCUT2D eigenvalue weighted by molar-refractivity contribution is -0.118. The molecule has 0 aliphatic carbocycles. The van der Waals surface area contributed by atoms with Gasteiger partial charge in [0.2, 0.25) is 11.9 Å². The van der Waals surface area contributed by atoms with E-state index in [0.29, 0.717) is 24.0 Å². The summed E-state index contributed by atoms with van der Waals surface area (Å²) in [4.78, 5) is 14.8. The first kappa shape index (κ1) is 13.1. The number of ether oxygens (including phenoxy) is 1. The lowest BCUT2D eigenvalue weighted by atomic mass is 10.2. The first-order chi connectivity index (χ1) is 9.02. The van der Waals surface area contributed by atoms with Crippen LogP contribution in [0.1, 0.15) is 12.8 Å². The van der Waals surface area contributed by atoms with Crippen LogP contribution >= 0.6 is 0 Å². The van der Waals surface area contributed by atoms with E-state index in [1.807, 2.05) is 0 Å². The van der Waals surface area contributed by atoms with Gasteiger partial charge in [-0.2, -0.15) is 0 Å². The fraction of sp³-hybridized carbons (Fsp3) is 0.333. The minimum absolute atomic E-state index is 0.128. The molecule has 0 fully saturated rings. The highest BCUT2D eigenvalue weighted by Gasteiger charge is 2.13. The number of anilines is 1. The summed E-state index contributed by atoms with van der Waals surface area (Å²) in [5, 5.41) is 0. The molecule has 4 N–H and O–H groups in total. The number of nitrogens with two attached hydrogens (primary N) is 2. The van der Waals surface area contributed by atoms with E-state index < -0.39 is 5.82 Å². The van der Waals surface area contributed by atoms with E-state index in [2.05, 4.69) is 4.98 Å². The summed E-state index contributed by atoms with van der Waals surface area (Å²) in [7, 11) is 1.39. The van der Waals surface area contributed by atoms with Crippen molar-refractivity contribution in [1.29, 1.82) is 0 Å². The molecule has 19 heavy (non-hydrogen) atoms. The van der Waals surface area contributed by atoms with Crippen LogP contribution in [0.15, 0.2) is 12.1 Å². The number of primary amides is 1. The fourth-order valence-corrected chi connectivity index (χ4v) is 1.95. The molecule has 0 atom stereocenters. The summed E-state index contributed by atoms with van der Waals surface area (Å²) in [5.74, 6) is -0.459. The van der Waals surface area contributed by atoms with Gasteiger partial charge in [-0.15, -0.1) is 0 Å². The number of amides is 1. The summed E-state index contributed by atoms with van der Waals surface area (Å²) in [6, 6.07) is 2.81. The van der Waals surface area contributed by atoms with E-state index in [-0.39, 0.29) is 24.0 Å². The summed E-state index contributed by atoms with van der Waals surface area (Å²) in [6.45, 7) is 0.486. The maximum Gasteiger partial charge on any atom is 0.217 e. The Balaban J connectivity index is 2.36. The van der Waals surface area contributed by atoms with E-state index in [1.165, 1.54) is 19.2 Å². The van der Waals surface area contributed by atoms with Crippen molar-refractivity contribution in [3.05, 3.63) is 17.9 Å². The van der Waals surface area contributed by atoms with Gasteiger partial charge in [0.1, 0.15) is 0 Å². The van der Waals surface area contributed by atoms with E-state index in [4.69, 9.17) is 16.2 Å². The van der Waals surface area contributed by atoms with Gasteiger partial charge in [0.25, 0.3) is 0 Å². The number of nitrogens with zero attached hydrogens (tertiary/aromatic N) is 2. The lowest BCUT2D eigenvalue weighted by Crippen LogP contribution is -2.12. The van der Waals surface area contributed by atoms with Crippen molar-refractivity contribution in [1.82, 2.24) is 9.55 Å².